The molecule has 3 nitrogen and oxygen atoms in total. The molecule has 20 heavy (non-hydrogen) atoms. The van der Waals surface area contributed by atoms with E-state index in [9.17, 15) is 4.79 Å². The van der Waals surface area contributed by atoms with Crippen LogP contribution in [-0.2, 0) is 0 Å². The lowest BCUT2D eigenvalue weighted by molar-refractivity contribution is 0.112. The Kier molecular flexibility index (Phi) is 3.50. The van der Waals surface area contributed by atoms with Gasteiger partial charge in [0.15, 0.2) is 6.29 Å². The molecule has 1 aromatic heterocycles. The SMILES string of the molecule is Cc1ccc(-c2ccc(OCC3CC3)cc2C=O)cn1. The van der Waals surface area contributed by atoms with Crippen molar-refractivity contribution < 1.29 is 9.53 Å². The molecule has 0 spiro atoms. The number of aromatic nitrogens is 1. The monoisotopic (exact) mass is 267 g/mol. The second-order valence-electron chi connectivity index (χ2n) is 5.31. The van der Waals surface area contributed by atoms with Crippen LogP contribution in [0.1, 0.15) is 28.9 Å². The van der Waals surface area contributed by atoms with E-state index in [1.165, 1.54) is 12.8 Å². The van der Waals surface area contributed by atoms with Crippen molar-refractivity contribution in [3.05, 3.63) is 47.8 Å². The fraction of sp³-hybridized carbons (Fsp3) is 0.294. The smallest absolute Gasteiger partial charge is 0.150 e. The van der Waals surface area contributed by atoms with Crippen LogP contribution in [0.5, 0.6) is 5.75 Å². The third kappa shape index (κ3) is 2.87. The van der Waals surface area contributed by atoms with Crippen LogP contribution >= 0.6 is 0 Å². The Morgan fingerprint density at radius 1 is 1.30 bits per heavy atom. The molecule has 1 aliphatic rings. The van der Waals surface area contributed by atoms with Crippen LogP contribution < -0.4 is 4.74 Å². The molecule has 1 aliphatic carbocycles. The standard InChI is InChI=1S/C17H17NO2/c1-12-2-5-14(9-18-12)17-7-6-16(8-15(17)10-19)20-11-13-3-4-13/h2,5-10,13H,3-4,11H2,1H3. The van der Waals surface area contributed by atoms with Crippen molar-refractivity contribution in [1.29, 1.82) is 0 Å². The molecule has 0 atom stereocenters. The number of pyridine rings is 1. The quantitative estimate of drug-likeness (QED) is 0.776. The van der Waals surface area contributed by atoms with Gasteiger partial charge < -0.3 is 4.74 Å². The van der Waals surface area contributed by atoms with Gasteiger partial charge in [0.25, 0.3) is 0 Å². The number of aryl methyl sites for hydroxylation is 1. The number of ether oxygens (including phenoxy) is 1. The maximum atomic E-state index is 11.3. The van der Waals surface area contributed by atoms with E-state index >= 15 is 0 Å². The molecule has 0 aliphatic heterocycles. The topological polar surface area (TPSA) is 39.2 Å². The molecule has 1 aromatic carbocycles. The van der Waals surface area contributed by atoms with Gasteiger partial charge in [-0.2, -0.15) is 0 Å². The summed E-state index contributed by atoms with van der Waals surface area (Å²) in [6.45, 7) is 2.70. The van der Waals surface area contributed by atoms with E-state index in [1.807, 2.05) is 37.3 Å². The average molecular weight is 267 g/mol. The van der Waals surface area contributed by atoms with Crippen molar-refractivity contribution in [2.45, 2.75) is 19.8 Å². The van der Waals surface area contributed by atoms with Crippen molar-refractivity contribution in [3.8, 4) is 16.9 Å². The fourth-order valence-electron chi connectivity index (χ4n) is 2.12. The summed E-state index contributed by atoms with van der Waals surface area (Å²) < 4.78 is 5.71. The highest BCUT2D eigenvalue weighted by molar-refractivity contribution is 5.88. The van der Waals surface area contributed by atoms with E-state index in [1.54, 1.807) is 6.20 Å². The zero-order valence-corrected chi connectivity index (χ0v) is 11.5. The highest BCUT2D eigenvalue weighted by atomic mass is 16.5. The van der Waals surface area contributed by atoms with Gasteiger partial charge in [-0.25, -0.2) is 0 Å². The van der Waals surface area contributed by atoms with Gasteiger partial charge in [-0.05, 0) is 55.5 Å². The highest BCUT2D eigenvalue weighted by Crippen LogP contribution is 2.31. The van der Waals surface area contributed by atoms with Gasteiger partial charge in [0.05, 0.1) is 6.61 Å². The largest absolute Gasteiger partial charge is 0.493 e. The summed E-state index contributed by atoms with van der Waals surface area (Å²) in [6, 6.07) is 9.59. The molecule has 0 unspecified atom stereocenters. The van der Waals surface area contributed by atoms with Crippen molar-refractivity contribution in [1.82, 2.24) is 4.98 Å². The number of benzene rings is 1. The highest BCUT2D eigenvalue weighted by Gasteiger charge is 2.22. The Balaban J connectivity index is 1.86. The van der Waals surface area contributed by atoms with Crippen LogP contribution in [-0.4, -0.2) is 17.9 Å². The first-order valence-corrected chi connectivity index (χ1v) is 6.91. The lowest BCUT2D eigenvalue weighted by Crippen LogP contribution is -2.00. The molecule has 2 aromatic rings. The molecule has 0 bridgehead atoms. The minimum absolute atomic E-state index is 0.643. The first kappa shape index (κ1) is 12.9. The predicted molar refractivity (Wildman–Crippen MR) is 78.0 cm³/mol. The van der Waals surface area contributed by atoms with Gasteiger partial charge in [0, 0.05) is 23.0 Å². The van der Waals surface area contributed by atoms with Gasteiger partial charge >= 0.3 is 0 Å². The number of hydrogen-bond donors (Lipinski definition) is 0. The van der Waals surface area contributed by atoms with Gasteiger partial charge in [-0.3, -0.25) is 9.78 Å². The summed E-state index contributed by atoms with van der Waals surface area (Å²) in [5, 5.41) is 0. The third-order valence-electron chi connectivity index (χ3n) is 3.55. The molecule has 0 saturated heterocycles. The van der Waals surface area contributed by atoms with Crippen LogP contribution in [0.4, 0.5) is 0 Å². The Labute approximate surface area is 118 Å². The summed E-state index contributed by atoms with van der Waals surface area (Å²) in [4.78, 5) is 15.6. The molecule has 1 fully saturated rings. The molecule has 1 heterocycles. The molecule has 0 radical (unpaired) electrons. The van der Waals surface area contributed by atoms with Crippen LogP contribution in [0.3, 0.4) is 0 Å². The maximum absolute atomic E-state index is 11.3. The number of rotatable bonds is 5. The number of hydrogen-bond acceptors (Lipinski definition) is 3. The summed E-state index contributed by atoms with van der Waals surface area (Å²) in [7, 11) is 0. The summed E-state index contributed by atoms with van der Waals surface area (Å²) in [6.07, 6.45) is 5.18. The van der Waals surface area contributed by atoms with Crippen LogP contribution in [0.15, 0.2) is 36.5 Å². The first-order chi connectivity index (χ1) is 9.76. The number of aldehydes is 1. The zero-order valence-electron chi connectivity index (χ0n) is 11.5. The molecule has 0 N–H and O–H groups in total. The molecule has 3 heteroatoms. The van der Waals surface area contributed by atoms with E-state index < -0.39 is 0 Å². The van der Waals surface area contributed by atoms with Gasteiger partial charge in [0.2, 0.25) is 0 Å². The van der Waals surface area contributed by atoms with Crippen LogP contribution in [0.25, 0.3) is 11.1 Å². The maximum Gasteiger partial charge on any atom is 0.150 e. The molecule has 0 amide bonds. The molecular weight excluding hydrogens is 250 g/mol. The second-order valence-corrected chi connectivity index (χ2v) is 5.31. The average Bonchev–Trinajstić information content (AvgIpc) is 3.30. The number of carbonyl (C=O) groups excluding carboxylic acids is 1. The molecular formula is C17H17NO2. The lowest BCUT2D eigenvalue weighted by atomic mass is 10.0. The molecule has 1 saturated carbocycles. The minimum atomic E-state index is 0.643. The summed E-state index contributed by atoms with van der Waals surface area (Å²) >= 11 is 0. The van der Waals surface area contributed by atoms with Crippen molar-refractivity contribution in [2.24, 2.45) is 5.92 Å². The second kappa shape index (κ2) is 5.45. The van der Waals surface area contributed by atoms with Crippen LogP contribution in [0, 0.1) is 12.8 Å². The van der Waals surface area contributed by atoms with Crippen molar-refractivity contribution in [3.63, 3.8) is 0 Å². The fourth-order valence-corrected chi connectivity index (χ4v) is 2.12. The van der Waals surface area contributed by atoms with Gasteiger partial charge in [-0.1, -0.05) is 6.07 Å². The Morgan fingerprint density at radius 2 is 2.15 bits per heavy atom. The van der Waals surface area contributed by atoms with Crippen molar-refractivity contribution >= 4 is 6.29 Å². The van der Waals surface area contributed by atoms with Gasteiger partial charge in [-0.15, -0.1) is 0 Å². The predicted octanol–water partition coefficient (Wildman–Crippen LogP) is 3.66. The van der Waals surface area contributed by atoms with Crippen molar-refractivity contribution in [2.75, 3.05) is 6.61 Å². The summed E-state index contributed by atoms with van der Waals surface area (Å²) in [5.41, 5.74) is 3.45. The zero-order chi connectivity index (χ0) is 13.9. The van der Waals surface area contributed by atoms with Crippen LogP contribution in [0.2, 0.25) is 0 Å². The van der Waals surface area contributed by atoms with Gasteiger partial charge in [0.1, 0.15) is 5.75 Å². The summed E-state index contributed by atoms with van der Waals surface area (Å²) in [5.74, 6) is 1.47. The number of carbonyl (C=O) groups is 1. The number of nitrogens with zero attached hydrogens (tertiary/aromatic N) is 1. The van der Waals surface area contributed by atoms with E-state index in [-0.39, 0.29) is 0 Å². The Morgan fingerprint density at radius 3 is 2.80 bits per heavy atom. The van der Waals surface area contributed by atoms with E-state index in [2.05, 4.69) is 4.98 Å². The first-order valence-electron chi connectivity index (χ1n) is 6.91. The lowest BCUT2D eigenvalue weighted by Gasteiger charge is -2.09. The Hall–Kier alpha value is -2.16. The minimum Gasteiger partial charge on any atom is -0.493 e. The Bertz CT molecular complexity index is 615. The van der Waals surface area contributed by atoms with E-state index in [4.69, 9.17) is 4.74 Å². The molecule has 3 rings (SSSR count). The normalized spacial score (nSPS) is 14.1. The van der Waals surface area contributed by atoms with E-state index in [0.29, 0.717) is 11.5 Å². The third-order valence-corrected chi connectivity index (χ3v) is 3.55. The van der Waals surface area contributed by atoms with E-state index in [0.717, 1.165) is 35.5 Å². The molecule has 102 valence electrons.